The second kappa shape index (κ2) is 0.890. The minimum absolute atomic E-state index is 0.727. The Bertz CT molecular complexity index is 170. The van der Waals surface area contributed by atoms with Gasteiger partial charge in [-0.15, -0.1) is 0 Å². The first-order valence-electron chi connectivity index (χ1n) is 2.53. The van der Waals surface area contributed by atoms with Crippen molar-refractivity contribution in [2.75, 3.05) is 0 Å². The minimum Gasteiger partial charge on any atom is -0.0732 e. The molecule has 0 heteroatoms. The van der Waals surface area contributed by atoms with Crippen LogP contribution in [0.2, 0.25) is 0 Å². The van der Waals surface area contributed by atoms with E-state index in [4.69, 9.17) is 0 Å². The van der Waals surface area contributed by atoms with Crippen LogP contribution < -0.4 is 0 Å². The number of hydrogen-bond donors (Lipinski definition) is 0. The average molecular weight is 90.1 g/mol. The largest absolute Gasteiger partial charge is 0.0732 e. The maximum Gasteiger partial charge on any atom is 0.0204 e. The lowest BCUT2D eigenvalue weighted by atomic mass is 10.2. The highest BCUT2D eigenvalue weighted by molar-refractivity contribution is 5.47. The number of fused-ring (bicyclic) bond motifs is 1. The number of rotatable bonds is 0. The maximum absolute atomic E-state index is 2.25. The minimum atomic E-state index is 0.727. The van der Waals surface area contributed by atoms with Crippen LogP contribution in [0.15, 0.2) is 36.0 Å². The molecule has 7 heavy (non-hydrogen) atoms. The topological polar surface area (TPSA) is 0 Å². The molecule has 0 fully saturated rings. The molecule has 0 spiro atoms. The monoisotopic (exact) mass is 90.0 g/mol. The van der Waals surface area contributed by atoms with Crippen molar-refractivity contribution in [3.63, 3.8) is 0 Å². The fraction of sp³-hybridized carbons (Fsp3) is 0.143. The molecule has 0 unspecified atom stereocenters. The van der Waals surface area contributed by atoms with Crippen LogP contribution in [0.25, 0.3) is 0 Å². The van der Waals surface area contributed by atoms with Crippen molar-refractivity contribution in [3.05, 3.63) is 36.0 Å². The fourth-order valence-electron chi connectivity index (χ4n) is 0.843. The molecular weight excluding hydrogens is 84.1 g/mol. The van der Waals surface area contributed by atoms with E-state index in [9.17, 15) is 0 Å². The summed E-state index contributed by atoms with van der Waals surface area (Å²) in [5.41, 5.74) is 1.49. The molecule has 0 heterocycles. The molecule has 0 aromatic carbocycles. The van der Waals surface area contributed by atoms with E-state index in [0.29, 0.717) is 0 Å². The molecule has 0 aromatic heterocycles. The van der Waals surface area contributed by atoms with Crippen LogP contribution >= 0.6 is 0 Å². The lowest BCUT2D eigenvalue weighted by Gasteiger charge is -1.88. The molecule has 0 aliphatic heterocycles. The molecule has 0 radical (unpaired) electrons. The number of hydrogen-bond acceptors (Lipinski definition) is 0. The Kier molecular flexibility index (Phi) is 0.413. The lowest BCUT2D eigenvalue weighted by Crippen LogP contribution is -1.73. The van der Waals surface area contributed by atoms with Crippen molar-refractivity contribution in [2.24, 2.45) is 5.92 Å². The van der Waals surface area contributed by atoms with Gasteiger partial charge in [0.15, 0.2) is 0 Å². The van der Waals surface area contributed by atoms with Gasteiger partial charge in [-0.25, -0.2) is 0 Å². The van der Waals surface area contributed by atoms with E-state index in [1.807, 2.05) is 0 Å². The van der Waals surface area contributed by atoms with Crippen LogP contribution in [0.1, 0.15) is 0 Å². The normalized spacial score (nSPS) is 32.0. The fourth-order valence-corrected chi connectivity index (χ4v) is 0.843. The maximum atomic E-state index is 2.25. The summed E-state index contributed by atoms with van der Waals surface area (Å²) in [6, 6.07) is 0. The van der Waals surface area contributed by atoms with Crippen LogP contribution in [-0.2, 0) is 0 Å². The SMILES string of the molecule is C1=CC2=C[C@H]2C=C1. The Morgan fingerprint density at radius 1 is 1.29 bits per heavy atom. The van der Waals surface area contributed by atoms with Crippen LogP contribution in [-0.4, -0.2) is 0 Å². The van der Waals surface area contributed by atoms with Gasteiger partial charge >= 0.3 is 0 Å². The average Bonchev–Trinajstić information content (AvgIpc) is 2.41. The molecule has 0 saturated heterocycles. The van der Waals surface area contributed by atoms with Crippen LogP contribution in [0.5, 0.6) is 0 Å². The summed E-state index contributed by atoms with van der Waals surface area (Å²) < 4.78 is 0. The molecule has 34 valence electrons. The van der Waals surface area contributed by atoms with Gasteiger partial charge in [-0.05, 0) is 5.57 Å². The van der Waals surface area contributed by atoms with Gasteiger partial charge < -0.3 is 0 Å². The van der Waals surface area contributed by atoms with Gasteiger partial charge in [0.2, 0.25) is 0 Å². The molecule has 0 bridgehead atoms. The second-order valence-corrected chi connectivity index (χ2v) is 1.94. The zero-order chi connectivity index (χ0) is 4.69. The van der Waals surface area contributed by atoms with Crippen molar-refractivity contribution in [1.29, 1.82) is 0 Å². The van der Waals surface area contributed by atoms with E-state index in [1.165, 1.54) is 5.57 Å². The molecule has 2 aliphatic rings. The molecule has 0 N–H and O–H groups in total. The quantitative estimate of drug-likeness (QED) is 0.424. The Morgan fingerprint density at radius 2 is 2.29 bits per heavy atom. The van der Waals surface area contributed by atoms with Crippen molar-refractivity contribution in [2.45, 2.75) is 0 Å². The predicted octanol–water partition coefficient (Wildman–Crippen LogP) is 1.67. The zero-order valence-corrected chi connectivity index (χ0v) is 3.96. The first-order chi connectivity index (χ1) is 3.47. The summed E-state index contributed by atoms with van der Waals surface area (Å²) in [5, 5.41) is 0. The molecule has 2 rings (SSSR count). The van der Waals surface area contributed by atoms with Gasteiger partial charge in [-0.1, -0.05) is 30.4 Å². The van der Waals surface area contributed by atoms with E-state index in [-0.39, 0.29) is 0 Å². The molecule has 0 aromatic rings. The van der Waals surface area contributed by atoms with Crippen molar-refractivity contribution in [1.82, 2.24) is 0 Å². The molecule has 1 atom stereocenters. The Morgan fingerprint density at radius 3 is 2.86 bits per heavy atom. The molecule has 0 nitrogen and oxygen atoms in total. The van der Waals surface area contributed by atoms with Gasteiger partial charge in [0, 0.05) is 5.92 Å². The third-order valence-electron chi connectivity index (χ3n) is 1.37. The van der Waals surface area contributed by atoms with Gasteiger partial charge in [0.25, 0.3) is 0 Å². The second-order valence-electron chi connectivity index (χ2n) is 1.94. The lowest BCUT2D eigenvalue weighted by molar-refractivity contribution is 1.19. The summed E-state index contributed by atoms with van der Waals surface area (Å²) in [5.74, 6) is 0.727. The third-order valence-corrected chi connectivity index (χ3v) is 1.37. The first-order valence-corrected chi connectivity index (χ1v) is 2.53. The van der Waals surface area contributed by atoms with E-state index in [2.05, 4.69) is 30.4 Å². The zero-order valence-electron chi connectivity index (χ0n) is 3.96. The van der Waals surface area contributed by atoms with E-state index >= 15 is 0 Å². The highest BCUT2D eigenvalue weighted by Gasteiger charge is 2.19. The standard InChI is InChI=1S/C7H6/c1-2-4-7-5-6(7)3-1/h1-6H/t6-/m1/s1. The summed E-state index contributed by atoms with van der Waals surface area (Å²) in [6.45, 7) is 0. The van der Waals surface area contributed by atoms with Crippen molar-refractivity contribution in [3.8, 4) is 0 Å². The molecule has 0 saturated carbocycles. The van der Waals surface area contributed by atoms with Gasteiger partial charge in [-0.2, -0.15) is 0 Å². The Balaban J connectivity index is 2.38. The van der Waals surface area contributed by atoms with Gasteiger partial charge in [0.05, 0.1) is 0 Å². The summed E-state index contributed by atoms with van der Waals surface area (Å²) >= 11 is 0. The highest BCUT2D eigenvalue weighted by Crippen LogP contribution is 2.33. The number of allylic oxidation sites excluding steroid dienone is 6. The van der Waals surface area contributed by atoms with Gasteiger partial charge in [0.1, 0.15) is 0 Å². The smallest absolute Gasteiger partial charge is 0.0204 e. The van der Waals surface area contributed by atoms with E-state index < -0.39 is 0 Å². The van der Waals surface area contributed by atoms with E-state index in [0.717, 1.165) is 5.92 Å². The Hall–Kier alpha value is -0.780. The molecular formula is C7H6. The van der Waals surface area contributed by atoms with Crippen LogP contribution in [0, 0.1) is 5.92 Å². The van der Waals surface area contributed by atoms with Crippen molar-refractivity contribution < 1.29 is 0 Å². The molecule has 2 aliphatic carbocycles. The molecule has 0 amide bonds. The van der Waals surface area contributed by atoms with Gasteiger partial charge in [-0.3, -0.25) is 0 Å². The van der Waals surface area contributed by atoms with Crippen LogP contribution in [0.3, 0.4) is 0 Å². The third kappa shape index (κ3) is 0.362. The highest BCUT2D eigenvalue weighted by atomic mass is 14.2. The summed E-state index contributed by atoms with van der Waals surface area (Å²) in [6.07, 6.45) is 10.8. The predicted molar refractivity (Wildman–Crippen MR) is 29.9 cm³/mol. The van der Waals surface area contributed by atoms with Crippen LogP contribution in [0.4, 0.5) is 0 Å². The Labute approximate surface area is 42.8 Å². The summed E-state index contributed by atoms with van der Waals surface area (Å²) in [4.78, 5) is 0. The first kappa shape index (κ1) is 3.25. The van der Waals surface area contributed by atoms with Crippen molar-refractivity contribution >= 4 is 0 Å². The van der Waals surface area contributed by atoms with E-state index in [1.54, 1.807) is 0 Å². The summed E-state index contributed by atoms with van der Waals surface area (Å²) in [7, 11) is 0.